The predicted molar refractivity (Wildman–Crippen MR) is 119 cm³/mol. The number of aryl methyl sites for hydroxylation is 1. The Balaban J connectivity index is 1.43. The molecule has 3 rings (SSSR count). The first-order valence-corrected chi connectivity index (χ1v) is 9.61. The highest BCUT2D eigenvalue weighted by Crippen LogP contribution is 2.28. The molecule has 0 radical (unpaired) electrons. The van der Waals surface area contributed by atoms with Crippen LogP contribution in [-0.2, 0) is 0 Å². The number of carbonyl (C=O) groups is 1. The number of nitrogens with one attached hydrogen (secondary N) is 4. The van der Waals surface area contributed by atoms with Crippen molar-refractivity contribution >= 4 is 29.2 Å². The third kappa shape index (κ3) is 6.46. The molecule has 0 spiro atoms. The van der Waals surface area contributed by atoms with Gasteiger partial charge in [-0.05, 0) is 48.9 Å². The molecule has 0 aliphatic carbocycles. The molecule has 162 valence electrons. The third-order valence-corrected chi connectivity index (χ3v) is 4.21. The van der Waals surface area contributed by atoms with Gasteiger partial charge in [-0.15, -0.1) is 10.2 Å². The van der Waals surface area contributed by atoms with Crippen LogP contribution in [0.5, 0.6) is 11.5 Å². The summed E-state index contributed by atoms with van der Waals surface area (Å²) in [6, 6.07) is 12.3. The minimum Gasteiger partial charge on any atom is -0.497 e. The van der Waals surface area contributed by atoms with Crippen molar-refractivity contribution in [3.05, 3.63) is 54.2 Å². The summed E-state index contributed by atoms with van der Waals surface area (Å²) < 4.78 is 10.4. The number of ether oxygens (including phenoxy) is 2. The summed E-state index contributed by atoms with van der Waals surface area (Å²) in [6.07, 6.45) is 1.73. The summed E-state index contributed by atoms with van der Waals surface area (Å²) in [7, 11) is 3.09. The Morgan fingerprint density at radius 1 is 0.935 bits per heavy atom. The van der Waals surface area contributed by atoms with E-state index in [0.29, 0.717) is 47.7 Å². The fourth-order valence-corrected chi connectivity index (χ4v) is 2.67. The molecule has 31 heavy (non-hydrogen) atoms. The lowest BCUT2D eigenvalue weighted by Crippen LogP contribution is -2.32. The number of benzene rings is 1. The summed E-state index contributed by atoms with van der Waals surface area (Å²) in [5.41, 5.74) is 1.62. The number of hydrogen-bond donors (Lipinski definition) is 4. The average molecular weight is 423 g/mol. The quantitative estimate of drug-likeness (QED) is 0.387. The number of methoxy groups -OCH3 is 2. The zero-order valence-corrected chi connectivity index (χ0v) is 17.6. The van der Waals surface area contributed by atoms with E-state index >= 15 is 0 Å². The second kappa shape index (κ2) is 10.6. The summed E-state index contributed by atoms with van der Waals surface area (Å²) in [4.78, 5) is 16.4. The van der Waals surface area contributed by atoms with E-state index in [-0.39, 0.29) is 6.03 Å². The topological polar surface area (TPSA) is 122 Å². The number of hydrogen-bond acceptors (Lipinski definition) is 8. The van der Waals surface area contributed by atoms with Crippen molar-refractivity contribution < 1.29 is 14.3 Å². The van der Waals surface area contributed by atoms with Crippen molar-refractivity contribution in [1.82, 2.24) is 20.5 Å². The number of anilines is 4. The molecular weight excluding hydrogens is 398 g/mol. The molecule has 0 saturated heterocycles. The molecule has 0 unspecified atom stereocenters. The molecule has 0 aliphatic rings. The van der Waals surface area contributed by atoms with Crippen molar-refractivity contribution in [1.29, 1.82) is 0 Å². The lowest BCUT2D eigenvalue weighted by Gasteiger charge is -2.13. The summed E-state index contributed by atoms with van der Waals surface area (Å²) in [6.45, 7) is 2.85. The Morgan fingerprint density at radius 2 is 1.74 bits per heavy atom. The van der Waals surface area contributed by atoms with Crippen molar-refractivity contribution in [2.24, 2.45) is 0 Å². The van der Waals surface area contributed by atoms with E-state index in [1.165, 1.54) is 7.11 Å². The highest BCUT2D eigenvalue weighted by molar-refractivity contribution is 5.91. The molecule has 0 fully saturated rings. The monoisotopic (exact) mass is 423 g/mol. The molecule has 10 nitrogen and oxygen atoms in total. The molecule has 4 N–H and O–H groups in total. The Labute approximate surface area is 180 Å². The minimum atomic E-state index is -0.357. The first kappa shape index (κ1) is 21.6. The van der Waals surface area contributed by atoms with E-state index < -0.39 is 0 Å². The van der Waals surface area contributed by atoms with Crippen LogP contribution in [0.1, 0.15) is 5.56 Å². The number of nitrogens with zero attached hydrogens (tertiary/aromatic N) is 3. The van der Waals surface area contributed by atoms with Crippen LogP contribution < -0.4 is 30.7 Å². The highest BCUT2D eigenvalue weighted by Gasteiger charge is 2.08. The fraction of sp³-hybridized carbons (Fsp3) is 0.238. The normalized spacial score (nSPS) is 10.2. The molecule has 1 aromatic carbocycles. The molecule has 3 aromatic rings. The van der Waals surface area contributed by atoms with Gasteiger partial charge in [0.1, 0.15) is 23.1 Å². The van der Waals surface area contributed by atoms with Crippen molar-refractivity contribution in [3.8, 4) is 11.5 Å². The van der Waals surface area contributed by atoms with Crippen molar-refractivity contribution in [2.45, 2.75) is 6.92 Å². The Bertz CT molecular complexity index is 1010. The largest absolute Gasteiger partial charge is 0.497 e. The summed E-state index contributed by atoms with van der Waals surface area (Å²) in [5, 5.41) is 19.9. The molecule has 0 bridgehead atoms. The molecule has 0 aliphatic heterocycles. The molecular formula is C21H25N7O3. The van der Waals surface area contributed by atoms with Gasteiger partial charge in [0, 0.05) is 25.4 Å². The average Bonchev–Trinajstić information content (AvgIpc) is 2.78. The number of rotatable bonds is 9. The van der Waals surface area contributed by atoms with Crippen LogP contribution in [-0.4, -0.2) is 48.5 Å². The number of pyridine rings is 1. The van der Waals surface area contributed by atoms with Gasteiger partial charge in [-0.2, -0.15) is 0 Å². The van der Waals surface area contributed by atoms with Gasteiger partial charge in [-0.1, -0.05) is 0 Å². The smallest absolute Gasteiger partial charge is 0.319 e. The van der Waals surface area contributed by atoms with E-state index in [2.05, 4.69) is 36.4 Å². The second-order valence-electron chi connectivity index (χ2n) is 6.52. The standard InChI is InChI=1S/C21H25N7O3/c1-14-8-9-22-20(12-14)26-19-7-6-18(27-28-19)23-10-11-24-21(29)25-16-13-15(30-2)4-5-17(16)31-3/h4-9,12-13H,10-11H2,1-3H3,(H,23,27)(H,22,26,28)(H2,24,25,29). The second-order valence-corrected chi connectivity index (χ2v) is 6.52. The molecule has 0 saturated carbocycles. The minimum absolute atomic E-state index is 0.357. The lowest BCUT2D eigenvalue weighted by atomic mass is 10.2. The van der Waals surface area contributed by atoms with Crippen LogP contribution in [0.2, 0.25) is 0 Å². The van der Waals surface area contributed by atoms with E-state index in [1.54, 1.807) is 43.6 Å². The number of urea groups is 1. The lowest BCUT2D eigenvalue weighted by molar-refractivity contribution is 0.252. The maximum absolute atomic E-state index is 12.1. The van der Waals surface area contributed by atoms with Crippen LogP contribution in [0.15, 0.2) is 48.7 Å². The number of carbonyl (C=O) groups excluding carboxylic acids is 1. The maximum Gasteiger partial charge on any atom is 0.319 e. The van der Waals surface area contributed by atoms with Gasteiger partial charge in [-0.3, -0.25) is 0 Å². The first-order valence-electron chi connectivity index (χ1n) is 9.61. The van der Waals surface area contributed by atoms with Crippen LogP contribution in [0.3, 0.4) is 0 Å². The first-order chi connectivity index (χ1) is 15.1. The van der Waals surface area contributed by atoms with Gasteiger partial charge in [0.2, 0.25) is 0 Å². The molecule has 2 heterocycles. The van der Waals surface area contributed by atoms with E-state index in [9.17, 15) is 4.79 Å². The third-order valence-electron chi connectivity index (χ3n) is 4.21. The molecule has 10 heteroatoms. The zero-order valence-electron chi connectivity index (χ0n) is 17.6. The Morgan fingerprint density at radius 3 is 2.45 bits per heavy atom. The Kier molecular flexibility index (Phi) is 7.41. The van der Waals surface area contributed by atoms with E-state index in [0.717, 1.165) is 5.56 Å². The van der Waals surface area contributed by atoms with Gasteiger partial charge in [0.25, 0.3) is 0 Å². The SMILES string of the molecule is COc1ccc(OC)c(NC(=O)NCCNc2ccc(Nc3cc(C)ccn3)nn2)c1. The number of aromatic nitrogens is 3. The predicted octanol–water partition coefficient (Wildman–Crippen LogP) is 3.17. The van der Waals surface area contributed by atoms with Gasteiger partial charge in [0.15, 0.2) is 5.82 Å². The summed E-state index contributed by atoms with van der Waals surface area (Å²) in [5.74, 6) is 3.05. The molecule has 0 atom stereocenters. The van der Waals surface area contributed by atoms with Crippen LogP contribution in [0, 0.1) is 6.92 Å². The molecule has 2 amide bonds. The highest BCUT2D eigenvalue weighted by atomic mass is 16.5. The maximum atomic E-state index is 12.1. The van der Waals surface area contributed by atoms with Gasteiger partial charge < -0.3 is 30.7 Å². The van der Waals surface area contributed by atoms with Gasteiger partial charge in [0.05, 0.1) is 19.9 Å². The van der Waals surface area contributed by atoms with Crippen LogP contribution in [0.4, 0.5) is 27.9 Å². The van der Waals surface area contributed by atoms with Crippen LogP contribution >= 0.6 is 0 Å². The van der Waals surface area contributed by atoms with E-state index in [1.807, 2.05) is 19.1 Å². The van der Waals surface area contributed by atoms with Crippen molar-refractivity contribution in [2.75, 3.05) is 43.3 Å². The van der Waals surface area contributed by atoms with Crippen LogP contribution in [0.25, 0.3) is 0 Å². The molecule has 2 aromatic heterocycles. The van der Waals surface area contributed by atoms with E-state index in [4.69, 9.17) is 9.47 Å². The summed E-state index contributed by atoms with van der Waals surface area (Å²) >= 11 is 0. The van der Waals surface area contributed by atoms with Gasteiger partial charge >= 0.3 is 6.03 Å². The van der Waals surface area contributed by atoms with Crippen molar-refractivity contribution in [3.63, 3.8) is 0 Å². The fourth-order valence-electron chi connectivity index (χ4n) is 2.67. The zero-order chi connectivity index (χ0) is 22.1. The Hall–Kier alpha value is -4.08. The number of amides is 2. The van der Waals surface area contributed by atoms with Gasteiger partial charge in [-0.25, -0.2) is 9.78 Å².